The van der Waals surface area contributed by atoms with E-state index in [9.17, 15) is 9.18 Å². The van der Waals surface area contributed by atoms with Crippen molar-refractivity contribution in [1.29, 1.82) is 0 Å². The number of rotatable bonds is 4. The van der Waals surface area contributed by atoms with Gasteiger partial charge in [0.15, 0.2) is 12.6 Å². The van der Waals surface area contributed by atoms with Gasteiger partial charge in [0.2, 0.25) is 0 Å². The van der Waals surface area contributed by atoms with Crippen LogP contribution >= 0.6 is 0 Å². The minimum Gasteiger partial charge on any atom is -0.322 e. The molecular weight excluding hydrogens is 309 g/mol. The van der Waals surface area contributed by atoms with E-state index in [2.05, 4.69) is 0 Å². The first kappa shape index (κ1) is 16.6. The predicted molar refractivity (Wildman–Crippen MR) is 89.4 cm³/mol. The number of hydrogen-bond acceptors (Lipinski definition) is 3. The summed E-state index contributed by atoms with van der Waals surface area (Å²) in [7, 11) is 0. The highest BCUT2D eigenvalue weighted by atomic mass is 19.1. The topological polar surface area (TPSA) is 38.8 Å². The van der Waals surface area contributed by atoms with Crippen LogP contribution in [-0.2, 0) is 9.47 Å². The van der Waals surface area contributed by atoms with Crippen LogP contribution in [0.5, 0.6) is 0 Å². The van der Waals surface area contributed by atoms with Gasteiger partial charge in [0, 0.05) is 11.3 Å². The molecule has 1 aliphatic rings. The Morgan fingerprint density at radius 3 is 2.21 bits per heavy atom. The van der Waals surface area contributed by atoms with E-state index in [-0.39, 0.29) is 24.6 Å². The van der Waals surface area contributed by atoms with E-state index < -0.39 is 6.29 Å². The van der Waals surface area contributed by atoms with Crippen molar-refractivity contribution in [1.82, 2.24) is 0 Å². The van der Waals surface area contributed by atoms with Crippen molar-refractivity contribution in [3.8, 4) is 0 Å². The SMILES string of the molecule is Cc1cccc(C)c1N(CC1OC(C)O1)C(=O)c1ccc(F)cc1. The Balaban J connectivity index is 1.95. The first-order valence-electron chi connectivity index (χ1n) is 7.90. The molecule has 0 bridgehead atoms. The molecule has 1 fully saturated rings. The van der Waals surface area contributed by atoms with Crippen LogP contribution in [0, 0.1) is 19.7 Å². The molecule has 24 heavy (non-hydrogen) atoms. The van der Waals surface area contributed by atoms with E-state index in [0.29, 0.717) is 5.56 Å². The Labute approximate surface area is 140 Å². The molecule has 0 aromatic heterocycles. The second kappa shape index (κ2) is 6.71. The molecule has 0 saturated carbocycles. The van der Waals surface area contributed by atoms with E-state index in [1.807, 2.05) is 39.0 Å². The lowest BCUT2D eigenvalue weighted by Crippen LogP contribution is -2.49. The molecule has 0 spiro atoms. The molecule has 2 aromatic carbocycles. The molecule has 0 atom stereocenters. The van der Waals surface area contributed by atoms with E-state index in [4.69, 9.17) is 9.47 Å². The molecule has 0 unspecified atom stereocenters. The molecule has 0 radical (unpaired) electrons. The second-order valence-corrected chi connectivity index (χ2v) is 5.93. The van der Waals surface area contributed by atoms with Gasteiger partial charge < -0.3 is 14.4 Å². The standard InChI is InChI=1S/C19H20FNO3/c1-12-5-4-6-13(2)18(12)21(11-17-23-14(3)24-17)19(22)15-7-9-16(20)10-8-15/h4-10,14,17H,11H2,1-3H3. The van der Waals surface area contributed by atoms with E-state index in [1.54, 1.807) is 4.90 Å². The Morgan fingerprint density at radius 2 is 1.67 bits per heavy atom. The largest absolute Gasteiger partial charge is 0.322 e. The number of ether oxygens (including phenoxy) is 2. The Kier molecular flexibility index (Phi) is 4.64. The van der Waals surface area contributed by atoms with Crippen molar-refractivity contribution in [2.45, 2.75) is 33.4 Å². The van der Waals surface area contributed by atoms with Crippen molar-refractivity contribution in [2.75, 3.05) is 11.4 Å². The predicted octanol–water partition coefficient (Wildman–Crippen LogP) is 3.81. The number of aryl methyl sites for hydroxylation is 2. The van der Waals surface area contributed by atoms with Crippen LogP contribution in [0.2, 0.25) is 0 Å². The quantitative estimate of drug-likeness (QED) is 0.856. The summed E-state index contributed by atoms with van der Waals surface area (Å²) in [6.45, 7) is 6.00. The molecule has 5 heteroatoms. The van der Waals surface area contributed by atoms with Crippen LogP contribution < -0.4 is 4.90 Å². The van der Waals surface area contributed by atoms with Gasteiger partial charge in [-0.2, -0.15) is 0 Å². The average molecular weight is 329 g/mol. The van der Waals surface area contributed by atoms with Crippen molar-refractivity contribution in [2.24, 2.45) is 0 Å². The fourth-order valence-electron chi connectivity index (χ4n) is 2.93. The molecule has 1 saturated heterocycles. The van der Waals surface area contributed by atoms with Crippen molar-refractivity contribution in [3.05, 3.63) is 65.0 Å². The molecule has 0 N–H and O–H groups in total. The van der Waals surface area contributed by atoms with Gasteiger partial charge in [-0.1, -0.05) is 18.2 Å². The van der Waals surface area contributed by atoms with Gasteiger partial charge in [-0.25, -0.2) is 4.39 Å². The maximum atomic E-state index is 13.2. The van der Waals surface area contributed by atoms with Crippen LogP contribution in [0.1, 0.15) is 28.4 Å². The third-order valence-electron chi connectivity index (χ3n) is 4.06. The first-order valence-corrected chi connectivity index (χ1v) is 7.90. The van der Waals surface area contributed by atoms with Crippen LogP contribution in [-0.4, -0.2) is 25.0 Å². The minimum atomic E-state index is -0.455. The summed E-state index contributed by atoms with van der Waals surface area (Å²) < 4.78 is 24.2. The number of amides is 1. The highest BCUT2D eigenvalue weighted by Gasteiger charge is 2.32. The summed E-state index contributed by atoms with van der Waals surface area (Å²) in [5.41, 5.74) is 3.22. The summed E-state index contributed by atoms with van der Waals surface area (Å²) in [6, 6.07) is 11.4. The second-order valence-electron chi connectivity index (χ2n) is 5.93. The van der Waals surface area contributed by atoms with E-state index in [1.165, 1.54) is 24.3 Å². The number of hydrogen-bond donors (Lipinski definition) is 0. The molecule has 3 rings (SSSR count). The molecule has 126 valence electrons. The summed E-state index contributed by atoms with van der Waals surface area (Å²) in [5, 5.41) is 0. The number of nitrogens with zero attached hydrogens (tertiary/aromatic N) is 1. The van der Waals surface area contributed by atoms with Gasteiger partial charge >= 0.3 is 0 Å². The maximum absolute atomic E-state index is 13.2. The first-order chi connectivity index (χ1) is 11.5. The van der Waals surface area contributed by atoms with Crippen molar-refractivity contribution >= 4 is 11.6 Å². The molecule has 0 aliphatic carbocycles. The van der Waals surface area contributed by atoms with Gasteiger partial charge in [-0.15, -0.1) is 0 Å². The summed E-state index contributed by atoms with van der Waals surface area (Å²) in [4.78, 5) is 14.7. The zero-order chi connectivity index (χ0) is 17.3. The number of anilines is 1. The highest BCUT2D eigenvalue weighted by Crippen LogP contribution is 2.28. The number of benzene rings is 2. The third-order valence-corrected chi connectivity index (χ3v) is 4.06. The zero-order valence-corrected chi connectivity index (χ0v) is 14.0. The Hall–Kier alpha value is -2.24. The summed E-state index contributed by atoms with van der Waals surface area (Å²) >= 11 is 0. The average Bonchev–Trinajstić information content (AvgIpc) is 2.52. The Bertz CT molecular complexity index is 719. The normalized spacial score (nSPS) is 19.7. The molecule has 2 aromatic rings. The molecule has 1 amide bonds. The molecule has 4 nitrogen and oxygen atoms in total. The van der Waals surface area contributed by atoms with Gasteiger partial charge in [-0.3, -0.25) is 4.79 Å². The number of carbonyl (C=O) groups excluding carboxylic acids is 1. The summed E-state index contributed by atoms with van der Waals surface area (Å²) in [6.07, 6.45) is -0.709. The van der Waals surface area contributed by atoms with Crippen LogP contribution in [0.3, 0.4) is 0 Å². The zero-order valence-electron chi connectivity index (χ0n) is 14.0. The molecule has 1 heterocycles. The smallest absolute Gasteiger partial charge is 0.258 e. The fraction of sp³-hybridized carbons (Fsp3) is 0.316. The Morgan fingerprint density at radius 1 is 1.08 bits per heavy atom. The monoisotopic (exact) mass is 329 g/mol. The van der Waals surface area contributed by atoms with Crippen LogP contribution in [0.4, 0.5) is 10.1 Å². The highest BCUT2D eigenvalue weighted by molar-refractivity contribution is 6.07. The third kappa shape index (κ3) is 3.32. The summed E-state index contributed by atoms with van der Waals surface area (Å²) in [5.74, 6) is -0.580. The molecule has 1 aliphatic heterocycles. The lowest BCUT2D eigenvalue weighted by atomic mass is 10.1. The fourth-order valence-corrected chi connectivity index (χ4v) is 2.93. The van der Waals surface area contributed by atoms with Gasteiger partial charge in [0.25, 0.3) is 5.91 Å². The maximum Gasteiger partial charge on any atom is 0.258 e. The minimum absolute atomic E-state index is 0.209. The van der Waals surface area contributed by atoms with Gasteiger partial charge in [0.05, 0.1) is 6.54 Å². The van der Waals surface area contributed by atoms with Crippen LogP contribution in [0.15, 0.2) is 42.5 Å². The number of carbonyl (C=O) groups is 1. The van der Waals surface area contributed by atoms with Gasteiger partial charge in [-0.05, 0) is 56.2 Å². The lowest BCUT2D eigenvalue weighted by Gasteiger charge is -2.38. The van der Waals surface area contributed by atoms with Crippen molar-refractivity contribution < 1.29 is 18.7 Å². The molecular formula is C19H20FNO3. The van der Waals surface area contributed by atoms with Crippen LogP contribution in [0.25, 0.3) is 0 Å². The van der Waals surface area contributed by atoms with E-state index >= 15 is 0 Å². The number of para-hydroxylation sites is 1. The van der Waals surface area contributed by atoms with E-state index in [0.717, 1.165) is 16.8 Å². The van der Waals surface area contributed by atoms with Crippen molar-refractivity contribution in [3.63, 3.8) is 0 Å². The van der Waals surface area contributed by atoms with Gasteiger partial charge in [0.1, 0.15) is 5.82 Å². The number of halogens is 1. The lowest BCUT2D eigenvalue weighted by molar-refractivity contribution is -0.370.